The van der Waals surface area contributed by atoms with Crippen LogP contribution in [0.5, 0.6) is 0 Å². The van der Waals surface area contributed by atoms with E-state index in [1.54, 1.807) is 10.9 Å². The normalized spacial score (nSPS) is 11.1. The van der Waals surface area contributed by atoms with Crippen molar-refractivity contribution in [3.8, 4) is 0 Å². The van der Waals surface area contributed by atoms with E-state index < -0.39 is 0 Å². The average molecular weight is 203 g/mol. The maximum atomic E-state index is 5.75. The maximum absolute atomic E-state index is 5.75. The minimum absolute atomic E-state index is 0.409. The first-order valence-corrected chi connectivity index (χ1v) is 4.60. The number of aryl methyl sites for hydroxylation is 1. The van der Waals surface area contributed by atoms with E-state index in [4.69, 9.17) is 17.3 Å². The van der Waals surface area contributed by atoms with Crippen LogP contribution in [0.25, 0.3) is 0 Å². The van der Waals surface area contributed by atoms with Crippen molar-refractivity contribution in [1.29, 1.82) is 0 Å². The molecule has 1 heterocycles. The third kappa shape index (κ3) is 3.24. The molecule has 0 aliphatic rings. The predicted molar refractivity (Wildman–Crippen MR) is 54.8 cm³/mol. The van der Waals surface area contributed by atoms with Crippen LogP contribution in [0.1, 0.15) is 6.42 Å². The number of hydrogen-bond acceptors (Lipinski definition) is 3. The van der Waals surface area contributed by atoms with Crippen LogP contribution in [0.3, 0.4) is 0 Å². The van der Waals surface area contributed by atoms with Crippen LogP contribution < -0.4 is 5.73 Å². The Morgan fingerprint density at radius 3 is 2.77 bits per heavy atom. The van der Waals surface area contributed by atoms with Gasteiger partial charge >= 0.3 is 0 Å². The van der Waals surface area contributed by atoms with Crippen molar-refractivity contribution >= 4 is 17.4 Å². The third-order valence-electron chi connectivity index (χ3n) is 1.74. The van der Waals surface area contributed by atoms with E-state index in [1.165, 1.54) is 0 Å². The lowest BCUT2D eigenvalue weighted by Gasteiger charge is -2.08. The summed E-state index contributed by atoms with van der Waals surface area (Å²) >= 11 is 5.75. The summed E-state index contributed by atoms with van der Waals surface area (Å²) in [6.45, 7) is 1.90. The molecule has 1 aromatic rings. The fourth-order valence-electron chi connectivity index (χ4n) is 1.08. The highest BCUT2D eigenvalue weighted by molar-refractivity contribution is 6.32. The second kappa shape index (κ2) is 4.48. The van der Waals surface area contributed by atoms with Crippen molar-refractivity contribution in [2.75, 3.05) is 26.4 Å². The van der Waals surface area contributed by atoms with Crippen LogP contribution in [-0.4, -0.2) is 35.3 Å². The first kappa shape index (κ1) is 10.3. The number of nitrogens with zero attached hydrogens (tertiary/aromatic N) is 3. The average Bonchev–Trinajstić information content (AvgIpc) is 2.30. The van der Waals surface area contributed by atoms with Crippen molar-refractivity contribution < 1.29 is 0 Å². The third-order valence-corrected chi connectivity index (χ3v) is 2.03. The number of anilines is 1. The lowest BCUT2D eigenvalue weighted by molar-refractivity contribution is 0.381. The van der Waals surface area contributed by atoms with E-state index in [1.807, 2.05) is 14.1 Å². The van der Waals surface area contributed by atoms with Crippen molar-refractivity contribution in [3.05, 3.63) is 11.2 Å². The van der Waals surface area contributed by atoms with E-state index in [0.717, 1.165) is 19.5 Å². The van der Waals surface area contributed by atoms with Crippen molar-refractivity contribution in [3.63, 3.8) is 0 Å². The molecule has 0 aliphatic heterocycles. The number of halogens is 1. The van der Waals surface area contributed by atoms with Gasteiger partial charge < -0.3 is 10.6 Å². The summed E-state index contributed by atoms with van der Waals surface area (Å²) in [6.07, 6.45) is 2.80. The molecule has 5 heteroatoms. The molecule has 0 aromatic carbocycles. The molecule has 0 atom stereocenters. The first-order chi connectivity index (χ1) is 6.09. The summed E-state index contributed by atoms with van der Waals surface area (Å²) in [6, 6.07) is 0. The molecule has 0 radical (unpaired) electrons. The monoisotopic (exact) mass is 202 g/mol. The van der Waals surface area contributed by atoms with Crippen LogP contribution >= 0.6 is 11.6 Å². The van der Waals surface area contributed by atoms with E-state index >= 15 is 0 Å². The fraction of sp³-hybridized carbons (Fsp3) is 0.625. The predicted octanol–water partition coefficient (Wildman–Crippen LogP) is 1.07. The van der Waals surface area contributed by atoms with Gasteiger partial charge in [0.05, 0.1) is 0 Å². The number of nitrogen functional groups attached to an aromatic ring is 1. The van der Waals surface area contributed by atoms with Gasteiger partial charge in [0, 0.05) is 12.7 Å². The molecule has 0 amide bonds. The van der Waals surface area contributed by atoms with Crippen molar-refractivity contribution in [1.82, 2.24) is 14.7 Å². The van der Waals surface area contributed by atoms with Gasteiger partial charge in [0.25, 0.3) is 0 Å². The molecule has 0 spiro atoms. The van der Waals surface area contributed by atoms with Crippen LogP contribution in [0, 0.1) is 0 Å². The lowest BCUT2D eigenvalue weighted by Crippen LogP contribution is -2.15. The Kier molecular flexibility index (Phi) is 3.57. The standard InChI is InChI=1S/C8H15ClN4/c1-12(2)4-3-5-13-6-7(9)8(10)11-13/h6H,3-5H2,1-2H3,(H2,10,11). The molecule has 0 unspecified atom stereocenters. The Hall–Kier alpha value is -0.740. The topological polar surface area (TPSA) is 47.1 Å². The zero-order chi connectivity index (χ0) is 9.84. The summed E-state index contributed by atoms with van der Waals surface area (Å²) in [5.74, 6) is 0.409. The second-order valence-corrected chi connectivity index (χ2v) is 3.69. The second-order valence-electron chi connectivity index (χ2n) is 3.28. The van der Waals surface area contributed by atoms with Gasteiger partial charge in [-0.15, -0.1) is 0 Å². The fourth-order valence-corrected chi connectivity index (χ4v) is 1.23. The van der Waals surface area contributed by atoms with Crippen LogP contribution in [-0.2, 0) is 6.54 Å². The molecule has 74 valence electrons. The highest BCUT2D eigenvalue weighted by atomic mass is 35.5. The summed E-state index contributed by atoms with van der Waals surface area (Å²) in [5.41, 5.74) is 5.50. The number of hydrogen-bond donors (Lipinski definition) is 1. The molecule has 13 heavy (non-hydrogen) atoms. The SMILES string of the molecule is CN(C)CCCn1cc(Cl)c(N)n1. The smallest absolute Gasteiger partial charge is 0.164 e. The van der Waals surface area contributed by atoms with Gasteiger partial charge in [0.15, 0.2) is 5.82 Å². The van der Waals surface area contributed by atoms with Crippen LogP contribution in [0.2, 0.25) is 5.02 Å². The minimum atomic E-state index is 0.409. The van der Waals surface area contributed by atoms with Gasteiger partial charge in [0.1, 0.15) is 5.02 Å². The lowest BCUT2D eigenvalue weighted by atomic mass is 10.4. The molecule has 1 rings (SSSR count). The number of aromatic nitrogens is 2. The molecule has 1 aromatic heterocycles. The Bertz CT molecular complexity index is 250. The van der Waals surface area contributed by atoms with Crippen LogP contribution in [0.4, 0.5) is 5.82 Å². The van der Waals surface area contributed by atoms with E-state index in [9.17, 15) is 0 Å². The quantitative estimate of drug-likeness (QED) is 0.795. The van der Waals surface area contributed by atoms with Crippen LogP contribution in [0.15, 0.2) is 6.20 Å². The van der Waals surface area contributed by atoms with Gasteiger partial charge in [-0.1, -0.05) is 11.6 Å². The highest BCUT2D eigenvalue weighted by Gasteiger charge is 2.01. The molecule has 0 saturated heterocycles. The highest BCUT2D eigenvalue weighted by Crippen LogP contribution is 2.15. The van der Waals surface area contributed by atoms with Gasteiger partial charge in [-0.25, -0.2) is 0 Å². The molecular weight excluding hydrogens is 188 g/mol. The minimum Gasteiger partial charge on any atom is -0.381 e. The molecule has 4 nitrogen and oxygen atoms in total. The van der Waals surface area contributed by atoms with E-state index in [0.29, 0.717) is 10.8 Å². The van der Waals surface area contributed by atoms with Gasteiger partial charge in [-0.2, -0.15) is 5.10 Å². The maximum Gasteiger partial charge on any atom is 0.164 e. The molecule has 0 bridgehead atoms. The van der Waals surface area contributed by atoms with Gasteiger partial charge in [-0.3, -0.25) is 4.68 Å². The number of nitrogens with two attached hydrogens (primary N) is 1. The summed E-state index contributed by atoms with van der Waals surface area (Å²) in [4.78, 5) is 2.13. The van der Waals surface area contributed by atoms with Crippen molar-refractivity contribution in [2.24, 2.45) is 0 Å². The van der Waals surface area contributed by atoms with E-state index in [2.05, 4.69) is 10.00 Å². The molecule has 0 aliphatic carbocycles. The molecule has 0 saturated carbocycles. The van der Waals surface area contributed by atoms with E-state index in [-0.39, 0.29) is 0 Å². The number of rotatable bonds is 4. The Balaban J connectivity index is 2.37. The summed E-state index contributed by atoms with van der Waals surface area (Å²) in [5, 5.41) is 4.58. The Morgan fingerprint density at radius 1 is 1.62 bits per heavy atom. The summed E-state index contributed by atoms with van der Waals surface area (Å²) < 4.78 is 1.78. The summed E-state index contributed by atoms with van der Waals surface area (Å²) in [7, 11) is 4.09. The Morgan fingerprint density at radius 2 is 2.31 bits per heavy atom. The molecule has 0 fully saturated rings. The largest absolute Gasteiger partial charge is 0.381 e. The molecule has 2 N–H and O–H groups in total. The van der Waals surface area contributed by atoms with Gasteiger partial charge in [0.2, 0.25) is 0 Å². The molecular formula is C8H15ClN4. The zero-order valence-electron chi connectivity index (χ0n) is 8.00. The van der Waals surface area contributed by atoms with Crippen molar-refractivity contribution in [2.45, 2.75) is 13.0 Å². The zero-order valence-corrected chi connectivity index (χ0v) is 8.75. The first-order valence-electron chi connectivity index (χ1n) is 4.23. The van der Waals surface area contributed by atoms with Gasteiger partial charge in [-0.05, 0) is 27.1 Å². The Labute approximate surface area is 83.3 Å².